The predicted molar refractivity (Wildman–Crippen MR) is 82.3 cm³/mol. The molecule has 0 amide bonds. The highest BCUT2D eigenvalue weighted by molar-refractivity contribution is 5.82. The van der Waals surface area contributed by atoms with Crippen LogP contribution in [0.15, 0.2) is 53.5 Å². The third-order valence-electron chi connectivity index (χ3n) is 3.71. The molecule has 0 aromatic heterocycles. The average molecular weight is 282 g/mol. The van der Waals surface area contributed by atoms with Crippen LogP contribution < -0.4 is 5.23 Å². The van der Waals surface area contributed by atoms with Gasteiger partial charge >= 0.3 is 0 Å². The van der Waals surface area contributed by atoms with E-state index < -0.39 is 5.23 Å². The highest BCUT2D eigenvalue weighted by Crippen LogP contribution is 2.35. The lowest BCUT2D eigenvalue weighted by Gasteiger charge is -2.10. The van der Waals surface area contributed by atoms with Crippen LogP contribution in [0.5, 0.6) is 0 Å². The first-order valence-corrected chi connectivity index (χ1v) is 7.18. The molecule has 1 aliphatic carbocycles. The molecule has 2 aromatic rings. The third kappa shape index (κ3) is 3.76. The number of nitrogens with one attached hydrogen (secondary N) is 1. The summed E-state index contributed by atoms with van der Waals surface area (Å²) in [6.45, 7) is 0. The Hall–Kier alpha value is -2.01. The number of quaternary nitrogens is 1. The lowest BCUT2D eigenvalue weighted by atomic mass is 10.1. The Kier molecular flexibility index (Phi) is 4.10. The third-order valence-corrected chi connectivity index (χ3v) is 3.71. The zero-order chi connectivity index (χ0) is 14.7. The first-order chi connectivity index (χ1) is 10.2. The van der Waals surface area contributed by atoms with Crippen LogP contribution in [0.2, 0.25) is 0 Å². The molecular formula is C17H18N2O2. The molecule has 1 saturated carbocycles. The maximum absolute atomic E-state index is 10.8. The molecule has 108 valence electrons. The van der Waals surface area contributed by atoms with E-state index in [4.69, 9.17) is 5.21 Å². The van der Waals surface area contributed by atoms with E-state index in [2.05, 4.69) is 17.1 Å². The molecule has 0 bridgehead atoms. The van der Waals surface area contributed by atoms with Gasteiger partial charge in [-0.3, -0.25) is 4.99 Å². The number of aliphatic imine (C=N–C) groups is 1. The van der Waals surface area contributed by atoms with Crippen molar-refractivity contribution in [3.63, 3.8) is 0 Å². The van der Waals surface area contributed by atoms with Gasteiger partial charge in [-0.15, -0.1) is 0 Å². The summed E-state index contributed by atoms with van der Waals surface area (Å²) in [4.78, 5) is 4.56. The second-order valence-corrected chi connectivity index (χ2v) is 5.46. The van der Waals surface area contributed by atoms with Gasteiger partial charge in [0.25, 0.3) is 0 Å². The minimum Gasteiger partial charge on any atom is -0.595 e. The zero-order valence-corrected chi connectivity index (χ0v) is 11.7. The summed E-state index contributed by atoms with van der Waals surface area (Å²) in [7, 11) is 0. The molecule has 0 aliphatic heterocycles. The molecule has 3 rings (SSSR count). The minimum atomic E-state index is -0.909. The van der Waals surface area contributed by atoms with Crippen molar-refractivity contribution in [2.45, 2.75) is 19.3 Å². The summed E-state index contributed by atoms with van der Waals surface area (Å²) in [6.07, 6.45) is 5.55. The molecular weight excluding hydrogens is 264 g/mol. The smallest absolute Gasteiger partial charge is 0.163 e. The molecule has 0 spiro atoms. The number of para-hydroxylation sites is 1. The van der Waals surface area contributed by atoms with Gasteiger partial charge in [0.1, 0.15) is 0 Å². The van der Waals surface area contributed by atoms with Crippen LogP contribution in [0.4, 0.5) is 11.4 Å². The van der Waals surface area contributed by atoms with Crippen molar-refractivity contribution >= 4 is 17.6 Å². The molecule has 2 aromatic carbocycles. The molecule has 1 aliphatic rings. The fraction of sp³-hybridized carbons (Fsp3) is 0.235. The fourth-order valence-corrected chi connectivity index (χ4v) is 2.30. The van der Waals surface area contributed by atoms with Crippen LogP contribution in [-0.2, 0) is 6.42 Å². The summed E-state index contributed by atoms with van der Waals surface area (Å²) < 4.78 is 0. The molecule has 0 radical (unpaired) electrons. The Bertz CT molecular complexity index is 631. The fourth-order valence-electron chi connectivity index (χ4n) is 2.30. The summed E-state index contributed by atoms with van der Waals surface area (Å²) >= 11 is 0. The van der Waals surface area contributed by atoms with Crippen molar-refractivity contribution in [2.75, 3.05) is 0 Å². The quantitative estimate of drug-likeness (QED) is 0.654. The van der Waals surface area contributed by atoms with E-state index >= 15 is 0 Å². The van der Waals surface area contributed by atoms with E-state index in [1.54, 1.807) is 30.5 Å². The molecule has 1 unspecified atom stereocenters. The lowest BCUT2D eigenvalue weighted by molar-refractivity contribution is -0.991. The molecule has 4 heteroatoms. The second kappa shape index (κ2) is 6.18. The Morgan fingerprint density at radius 3 is 2.52 bits per heavy atom. The maximum atomic E-state index is 10.8. The van der Waals surface area contributed by atoms with Crippen LogP contribution in [0.1, 0.15) is 24.0 Å². The molecule has 1 atom stereocenters. The number of hydrogen-bond acceptors (Lipinski definition) is 3. The van der Waals surface area contributed by atoms with Crippen molar-refractivity contribution < 1.29 is 10.4 Å². The van der Waals surface area contributed by atoms with Crippen molar-refractivity contribution in [3.05, 3.63) is 64.9 Å². The van der Waals surface area contributed by atoms with Gasteiger partial charge in [-0.25, -0.2) is 5.21 Å². The van der Waals surface area contributed by atoms with E-state index in [0.717, 1.165) is 23.6 Å². The van der Waals surface area contributed by atoms with E-state index in [9.17, 15) is 5.21 Å². The number of nitrogens with zero attached hydrogens (tertiary/aromatic N) is 1. The Balaban J connectivity index is 1.75. The van der Waals surface area contributed by atoms with Crippen LogP contribution in [0.3, 0.4) is 0 Å². The van der Waals surface area contributed by atoms with Crippen LogP contribution in [0, 0.1) is 11.1 Å². The highest BCUT2D eigenvalue weighted by atomic mass is 16.8. The standard InChI is InChI=1S/C17H18N2O2/c20-19(21)16-9-7-14(8-10-16)12-18-17-4-2-1-3-15(17)11-13-5-6-13/h1-4,7-10,12-13,19-20H,5-6,11H2. The van der Waals surface area contributed by atoms with E-state index in [-0.39, 0.29) is 0 Å². The number of rotatable bonds is 5. The first-order valence-electron chi connectivity index (χ1n) is 7.18. The van der Waals surface area contributed by atoms with E-state index in [0.29, 0.717) is 5.69 Å². The Morgan fingerprint density at radius 2 is 1.86 bits per heavy atom. The van der Waals surface area contributed by atoms with Crippen molar-refractivity contribution in [2.24, 2.45) is 10.9 Å². The highest BCUT2D eigenvalue weighted by Gasteiger charge is 2.22. The average Bonchev–Trinajstić information content (AvgIpc) is 3.31. The maximum Gasteiger partial charge on any atom is 0.163 e. The van der Waals surface area contributed by atoms with Crippen LogP contribution in [0.25, 0.3) is 0 Å². The summed E-state index contributed by atoms with van der Waals surface area (Å²) in [5, 5.41) is 18.8. The van der Waals surface area contributed by atoms with Crippen molar-refractivity contribution in [1.82, 2.24) is 0 Å². The molecule has 21 heavy (non-hydrogen) atoms. The molecule has 2 N–H and O–H groups in total. The SMILES string of the molecule is [O-][NH+](O)c1ccc(C=Nc2ccccc2CC2CC2)cc1. The number of benzene rings is 2. The van der Waals surface area contributed by atoms with Gasteiger partial charge in [0, 0.05) is 18.3 Å². The van der Waals surface area contributed by atoms with Gasteiger partial charge in [0.05, 0.1) is 5.69 Å². The zero-order valence-electron chi connectivity index (χ0n) is 11.7. The van der Waals surface area contributed by atoms with Gasteiger partial charge in [-0.2, -0.15) is 5.23 Å². The van der Waals surface area contributed by atoms with E-state index in [1.807, 2.05) is 12.1 Å². The number of hydrogen-bond donors (Lipinski definition) is 2. The normalized spacial score (nSPS) is 16.3. The molecule has 1 fully saturated rings. The van der Waals surface area contributed by atoms with Gasteiger partial charge in [-0.1, -0.05) is 18.2 Å². The second-order valence-electron chi connectivity index (χ2n) is 5.46. The van der Waals surface area contributed by atoms with Gasteiger partial charge in [0.15, 0.2) is 5.69 Å². The van der Waals surface area contributed by atoms with Crippen molar-refractivity contribution in [1.29, 1.82) is 0 Å². The first kappa shape index (κ1) is 13.9. The summed E-state index contributed by atoms with van der Waals surface area (Å²) in [5.74, 6) is 0.830. The van der Waals surface area contributed by atoms with Crippen LogP contribution >= 0.6 is 0 Å². The summed E-state index contributed by atoms with van der Waals surface area (Å²) in [6, 6.07) is 15.0. The lowest BCUT2D eigenvalue weighted by Crippen LogP contribution is -2.99. The Labute approximate surface area is 123 Å². The van der Waals surface area contributed by atoms with E-state index in [1.165, 1.54) is 18.4 Å². The Morgan fingerprint density at radius 1 is 1.14 bits per heavy atom. The molecule has 0 heterocycles. The van der Waals surface area contributed by atoms with Crippen LogP contribution in [-0.4, -0.2) is 11.4 Å². The topological polar surface area (TPSA) is 60.1 Å². The molecule has 4 nitrogen and oxygen atoms in total. The molecule has 0 saturated heterocycles. The predicted octanol–water partition coefficient (Wildman–Crippen LogP) is 2.79. The monoisotopic (exact) mass is 282 g/mol. The minimum absolute atomic E-state index is 0.293. The largest absolute Gasteiger partial charge is 0.595 e. The van der Waals surface area contributed by atoms with Gasteiger partial charge < -0.3 is 5.21 Å². The summed E-state index contributed by atoms with van der Waals surface area (Å²) in [5.41, 5.74) is 3.49. The van der Waals surface area contributed by atoms with Gasteiger partial charge in [0.2, 0.25) is 0 Å². The van der Waals surface area contributed by atoms with Crippen molar-refractivity contribution in [3.8, 4) is 0 Å². The van der Waals surface area contributed by atoms with Gasteiger partial charge in [-0.05, 0) is 54.5 Å².